The Kier molecular flexibility index (Phi) is 6.10. The first-order valence-electron chi connectivity index (χ1n) is 10.7. The van der Waals surface area contributed by atoms with E-state index in [1.807, 2.05) is 0 Å². The molecule has 1 fully saturated rings. The first-order valence-corrected chi connectivity index (χ1v) is 11.5. The number of benzene rings is 2. The lowest BCUT2D eigenvalue weighted by molar-refractivity contribution is -0.117. The molecule has 1 aliphatic heterocycles. The van der Waals surface area contributed by atoms with E-state index in [0.29, 0.717) is 10.8 Å². The molecule has 1 aliphatic rings. The van der Waals surface area contributed by atoms with Crippen LogP contribution in [-0.4, -0.2) is 43.0 Å². The van der Waals surface area contributed by atoms with Crippen molar-refractivity contribution in [3.05, 3.63) is 81.9 Å². The molecule has 0 spiro atoms. The summed E-state index contributed by atoms with van der Waals surface area (Å²) in [6, 6.07) is 7.13. The van der Waals surface area contributed by atoms with Gasteiger partial charge in [-0.2, -0.15) is 9.78 Å². The summed E-state index contributed by atoms with van der Waals surface area (Å²) >= 11 is 1.04. The van der Waals surface area contributed by atoms with E-state index in [1.54, 1.807) is 6.92 Å². The number of ether oxygens (including phenoxy) is 1. The van der Waals surface area contributed by atoms with Crippen molar-refractivity contribution in [1.82, 2.24) is 19.3 Å². The number of hydrogen-bond donors (Lipinski definition) is 1. The van der Waals surface area contributed by atoms with Crippen LogP contribution >= 0.6 is 11.3 Å². The maximum atomic E-state index is 14.9. The maximum absolute atomic E-state index is 14.9. The van der Waals surface area contributed by atoms with Crippen molar-refractivity contribution in [2.75, 3.05) is 11.4 Å². The Morgan fingerprint density at radius 2 is 1.89 bits per heavy atom. The summed E-state index contributed by atoms with van der Waals surface area (Å²) in [5, 5.41) is 14.2. The van der Waals surface area contributed by atoms with Gasteiger partial charge in [-0.15, -0.1) is 0 Å². The van der Waals surface area contributed by atoms with Crippen LogP contribution in [0.5, 0.6) is 10.8 Å². The molecule has 13 heteroatoms. The van der Waals surface area contributed by atoms with Crippen molar-refractivity contribution >= 4 is 22.4 Å². The second kappa shape index (κ2) is 9.24. The van der Waals surface area contributed by atoms with E-state index in [2.05, 4.69) is 10.1 Å². The quantitative estimate of drug-likeness (QED) is 0.422. The number of rotatable bonds is 6. The van der Waals surface area contributed by atoms with E-state index in [-0.39, 0.29) is 47.5 Å². The first kappa shape index (κ1) is 23.8. The number of aliphatic hydroxyl groups excluding tert-OH is 1. The predicted octanol–water partition coefficient (Wildman–Crippen LogP) is 3.15. The molecule has 9 nitrogen and oxygen atoms in total. The molecule has 1 amide bonds. The van der Waals surface area contributed by atoms with Crippen LogP contribution in [-0.2, 0) is 11.3 Å². The average molecular weight is 517 g/mol. The molecule has 1 atom stereocenters. The number of thiazole rings is 1. The number of carbonyl (C=O) groups excluding carboxylic acids is 1. The summed E-state index contributed by atoms with van der Waals surface area (Å²) < 4.78 is 50.3. The van der Waals surface area contributed by atoms with Crippen molar-refractivity contribution in [2.24, 2.45) is 0 Å². The van der Waals surface area contributed by atoms with Gasteiger partial charge in [0.25, 0.3) is 0 Å². The Labute approximate surface area is 205 Å². The lowest BCUT2D eigenvalue weighted by atomic mass is 10.2. The Bertz CT molecular complexity index is 1510. The second-order valence-electron chi connectivity index (χ2n) is 8.10. The molecule has 2 aromatic heterocycles. The minimum Gasteiger partial charge on any atom is -0.442 e. The van der Waals surface area contributed by atoms with E-state index in [1.165, 1.54) is 23.1 Å². The maximum Gasteiger partial charge on any atom is 0.350 e. The van der Waals surface area contributed by atoms with E-state index < -0.39 is 29.2 Å². The Hall–Kier alpha value is -3.97. The third-order valence-electron chi connectivity index (χ3n) is 5.56. The molecule has 1 N–H and O–H groups in total. The molecule has 2 aromatic carbocycles. The summed E-state index contributed by atoms with van der Waals surface area (Å²) in [4.78, 5) is 30.4. The fourth-order valence-electron chi connectivity index (χ4n) is 3.73. The molecular weight excluding hydrogens is 499 g/mol. The Morgan fingerprint density at radius 3 is 2.56 bits per heavy atom. The van der Waals surface area contributed by atoms with Crippen LogP contribution in [0.25, 0.3) is 5.69 Å². The van der Waals surface area contributed by atoms with E-state index in [4.69, 9.17) is 4.74 Å². The van der Waals surface area contributed by atoms with Crippen LogP contribution in [0, 0.1) is 24.4 Å². The van der Waals surface area contributed by atoms with Gasteiger partial charge in [0.15, 0.2) is 16.7 Å². The Balaban J connectivity index is 1.36. The topological polar surface area (TPSA) is 102 Å². The van der Waals surface area contributed by atoms with E-state index in [9.17, 15) is 27.9 Å². The van der Waals surface area contributed by atoms with Crippen LogP contribution in [0.3, 0.4) is 0 Å². The van der Waals surface area contributed by atoms with Gasteiger partial charge in [0.1, 0.15) is 18.0 Å². The predicted molar refractivity (Wildman–Crippen MR) is 123 cm³/mol. The molecule has 4 aromatic rings. The minimum atomic E-state index is -0.797. The number of amides is 1. The number of aromatic nitrogens is 4. The second-order valence-corrected chi connectivity index (χ2v) is 9.04. The largest absolute Gasteiger partial charge is 0.442 e. The van der Waals surface area contributed by atoms with Gasteiger partial charge in [0.05, 0.1) is 37.0 Å². The monoisotopic (exact) mass is 517 g/mol. The van der Waals surface area contributed by atoms with Gasteiger partial charge in [-0.05, 0) is 31.2 Å². The number of carbonyl (C=O) groups is 1. The van der Waals surface area contributed by atoms with Gasteiger partial charge in [0.2, 0.25) is 11.0 Å². The highest BCUT2D eigenvalue weighted by Crippen LogP contribution is 2.38. The zero-order valence-corrected chi connectivity index (χ0v) is 19.5. The molecule has 0 saturated carbocycles. The molecule has 0 aliphatic carbocycles. The molecule has 36 heavy (non-hydrogen) atoms. The summed E-state index contributed by atoms with van der Waals surface area (Å²) in [6.45, 7) is 1.38. The molecule has 5 rings (SSSR count). The third kappa shape index (κ3) is 4.38. The van der Waals surface area contributed by atoms with Gasteiger partial charge < -0.3 is 9.84 Å². The molecular formula is C23H18F3N5O4S. The normalized spacial score (nSPS) is 15.6. The van der Waals surface area contributed by atoms with Crippen molar-refractivity contribution in [3.8, 4) is 16.5 Å². The fraction of sp³-hybridized carbons (Fsp3) is 0.217. The molecule has 0 radical (unpaired) electrons. The van der Waals surface area contributed by atoms with Crippen LogP contribution in [0.1, 0.15) is 17.7 Å². The van der Waals surface area contributed by atoms with E-state index >= 15 is 0 Å². The van der Waals surface area contributed by atoms with Crippen molar-refractivity contribution < 1.29 is 27.8 Å². The highest BCUT2D eigenvalue weighted by Gasteiger charge is 2.32. The number of aliphatic hydroxyl groups is 1. The van der Waals surface area contributed by atoms with Crippen LogP contribution in [0.4, 0.5) is 18.3 Å². The number of halogens is 3. The number of anilines is 1. The van der Waals surface area contributed by atoms with Crippen LogP contribution in [0.15, 0.2) is 47.5 Å². The third-order valence-corrected chi connectivity index (χ3v) is 6.62. The van der Waals surface area contributed by atoms with Crippen molar-refractivity contribution in [1.29, 1.82) is 0 Å². The molecule has 0 bridgehead atoms. The number of aryl methyl sites for hydroxylation is 1. The van der Waals surface area contributed by atoms with Gasteiger partial charge in [-0.25, -0.2) is 22.9 Å². The molecule has 0 unspecified atom stereocenters. The standard InChI is InChI=1S/C23H18F3N5O4S/c1-12-21(36-22(28-12)30-9-14(32)8-20(30)33)35-19-6-5-13(7-18(19)26)31-23(34)29(11-27-31)10-15-16(24)3-2-4-17(15)25/h2-7,11,14,32H,8-10H2,1H3/t14-/m0/s1. The summed E-state index contributed by atoms with van der Waals surface area (Å²) in [5.41, 5.74) is -0.497. The lowest BCUT2D eigenvalue weighted by Gasteiger charge is -2.10. The summed E-state index contributed by atoms with van der Waals surface area (Å²) in [5.74, 6) is -2.80. The van der Waals surface area contributed by atoms with Crippen molar-refractivity contribution in [2.45, 2.75) is 26.0 Å². The zero-order chi connectivity index (χ0) is 25.6. The Morgan fingerprint density at radius 1 is 1.14 bits per heavy atom. The van der Waals surface area contributed by atoms with Gasteiger partial charge >= 0.3 is 5.69 Å². The number of nitrogens with zero attached hydrogens (tertiary/aromatic N) is 5. The molecule has 186 valence electrons. The average Bonchev–Trinajstić information content (AvgIpc) is 3.48. The highest BCUT2D eigenvalue weighted by atomic mass is 32.1. The SMILES string of the molecule is Cc1nc(N2C[C@@H](O)CC2=O)sc1Oc1ccc(-n2ncn(Cc3c(F)cccc3F)c2=O)cc1F. The lowest BCUT2D eigenvalue weighted by Crippen LogP contribution is -2.24. The smallest absolute Gasteiger partial charge is 0.350 e. The van der Waals surface area contributed by atoms with E-state index in [0.717, 1.165) is 45.1 Å². The van der Waals surface area contributed by atoms with Gasteiger partial charge in [0, 0.05) is 11.6 Å². The van der Waals surface area contributed by atoms with Gasteiger partial charge in [-0.1, -0.05) is 17.4 Å². The van der Waals surface area contributed by atoms with Crippen LogP contribution in [0.2, 0.25) is 0 Å². The fourth-order valence-corrected chi connectivity index (χ4v) is 4.69. The first-order chi connectivity index (χ1) is 17.2. The van der Waals surface area contributed by atoms with Crippen molar-refractivity contribution in [3.63, 3.8) is 0 Å². The molecule has 1 saturated heterocycles. The number of hydrogen-bond acceptors (Lipinski definition) is 7. The number of β-amino-alcohol motifs (C(OH)–C–C–N with tert-alkyl or cyclic N) is 1. The highest BCUT2D eigenvalue weighted by molar-refractivity contribution is 7.17. The van der Waals surface area contributed by atoms with Crippen LogP contribution < -0.4 is 15.3 Å². The van der Waals surface area contributed by atoms with Gasteiger partial charge in [-0.3, -0.25) is 14.3 Å². The minimum absolute atomic E-state index is 0.00919. The zero-order valence-electron chi connectivity index (χ0n) is 18.7. The molecule has 3 heterocycles. The summed E-state index contributed by atoms with van der Waals surface area (Å²) in [7, 11) is 0. The summed E-state index contributed by atoms with van der Waals surface area (Å²) in [6.07, 6.45) is 0.346.